The van der Waals surface area contributed by atoms with E-state index in [9.17, 15) is 9.59 Å². The molecule has 1 aliphatic heterocycles. The van der Waals surface area contributed by atoms with Crippen molar-refractivity contribution in [2.45, 2.75) is 13.1 Å². The Kier molecular flexibility index (Phi) is 6.47. The standard InChI is InChI=1S/C24H21ClN2O5/c1-30-20-9-5-17(11-19(20)24(29)27-12-15-2-6-18(25)7-3-15)23(28)26-13-16-4-8-21-22(10-16)32-14-31-21/h2-11H,12-14H2,1H3,(H,26,28)(H,27,29). The van der Waals surface area contributed by atoms with Crippen molar-refractivity contribution < 1.29 is 23.8 Å². The van der Waals surface area contributed by atoms with Crippen LogP contribution in [0.25, 0.3) is 0 Å². The van der Waals surface area contributed by atoms with Gasteiger partial charge in [-0.3, -0.25) is 9.59 Å². The molecule has 0 bridgehead atoms. The van der Waals surface area contributed by atoms with Crippen LogP contribution in [0.1, 0.15) is 31.8 Å². The monoisotopic (exact) mass is 452 g/mol. The lowest BCUT2D eigenvalue weighted by atomic mass is 10.1. The molecule has 0 aliphatic carbocycles. The smallest absolute Gasteiger partial charge is 0.255 e. The average molecular weight is 453 g/mol. The minimum atomic E-state index is -0.345. The molecule has 0 spiro atoms. The van der Waals surface area contributed by atoms with Crippen LogP contribution < -0.4 is 24.8 Å². The highest BCUT2D eigenvalue weighted by atomic mass is 35.5. The summed E-state index contributed by atoms with van der Waals surface area (Å²) in [5.74, 6) is 1.07. The summed E-state index contributed by atoms with van der Waals surface area (Å²) in [6.07, 6.45) is 0. The lowest BCUT2D eigenvalue weighted by Gasteiger charge is -2.12. The molecule has 32 heavy (non-hydrogen) atoms. The summed E-state index contributed by atoms with van der Waals surface area (Å²) in [5.41, 5.74) is 2.40. The molecule has 0 atom stereocenters. The van der Waals surface area contributed by atoms with Gasteiger partial charge in [0.15, 0.2) is 11.5 Å². The number of carbonyl (C=O) groups is 2. The van der Waals surface area contributed by atoms with Crippen molar-refractivity contribution in [3.63, 3.8) is 0 Å². The van der Waals surface area contributed by atoms with Crippen molar-refractivity contribution in [2.24, 2.45) is 0 Å². The van der Waals surface area contributed by atoms with E-state index in [-0.39, 0.29) is 24.2 Å². The summed E-state index contributed by atoms with van der Waals surface area (Å²) >= 11 is 5.89. The van der Waals surface area contributed by atoms with Crippen molar-refractivity contribution in [2.75, 3.05) is 13.9 Å². The summed E-state index contributed by atoms with van der Waals surface area (Å²) in [6, 6.07) is 17.4. The fraction of sp³-hybridized carbons (Fsp3) is 0.167. The zero-order chi connectivity index (χ0) is 22.5. The third-order valence-corrected chi connectivity index (χ3v) is 5.21. The molecule has 1 heterocycles. The zero-order valence-corrected chi connectivity index (χ0v) is 18.1. The number of rotatable bonds is 7. The van der Waals surface area contributed by atoms with E-state index in [1.807, 2.05) is 24.3 Å². The summed E-state index contributed by atoms with van der Waals surface area (Å²) in [5, 5.41) is 6.32. The van der Waals surface area contributed by atoms with Crippen LogP contribution in [0.4, 0.5) is 0 Å². The number of benzene rings is 3. The van der Waals surface area contributed by atoms with Gasteiger partial charge in [-0.1, -0.05) is 29.8 Å². The van der Waals surface area contributed by atoms with Crippen LogP contribution in [0.3, 0.4) is 0 Å². The van der Waals surface area contributed by atoms with Crippen molar-refractivity contribution in [1.82, 2.24) is 10.6 Å². The highest BCUT2D eigenvalue weighted by Gasteiger charge is 2.17. The Bertz CT molecular complexity index is 1150. The molecule has 7 nitrogen and oxygen atoms in total. The molecule has 2 N–H and O–H groups in total. The van der Waals surface area contributed by atoms with Crippen LogP contribution in [0.15, 0.2) is 60.7 Å². The number of amides is 2. The first-order valence-electron chi connectivity index (χ1n) is 9.91. The fourth-order valence-corrected chi connectivity index (χ4v) is 3.37. The molecule has 0 saturated carbocycles. The number of nitrogens with one attached hydrogen (secondary N) is 2. The maximum Gasteiger partial charge on any atom is 0.255 e. The van der Waals surface area contributed by atoms with Crippen LogP contribution >= 0.6 is 11.6 Å². The number of fused-ring (bicyclic) bond motifs is 1. The molecule has 0 fully saturated rings. The second-order valence-corrected chi connectivity index (χ2v) is 7.53. The molecule has 3 aromatic carbocycles. The Morgan fingerprint density at radius 3 is 2.34 bits per heavy atom. The maximum atomic E-state index is 12.8. The topological polar surface area (TPSA) is 85.9 Å². The third-order valence-electron chi connectivity index (χ3n) is 4.96. The lowest BCUT2D eigenvalue weighted by Crippen LogP contribution is -2.26. The molecule has 164 valence electrons. The first-order valence-corrected chi connectivity index (χ1v) is 10.3. The van der Waals surface area contributed by atoms with E-state index in [1.165, 1.54) is 13.2 Å². The van der Waals surface area contributed by atoms with Gasteiger partial charge in [0.05, 0.1) is 12.7 Å². The van der Waals surface area contributed by atoms with Crippen LogP contribution in [0, 0.1) is 0 Å². The zero-order valence-electron chi connectivity index (χ0n) is 17.3. The molecule has 3 aromatic rings. The van der Waals surface area contributed by atoms with Crippen LogP contribution in [-0.4, -0.2) is 25.7 Å². The molecular weight excluding hydrogens is 432 g/mol. The van der Waals surface area contributed by atoms with Gasteiger partial charge >= 0.3 is 0 Å². The minimum Gasteiger partial charge on any atom is -0.496 e. The van der Waals surface area contributed by atoms with Gasteiger partial charge in [0, 0.05) is 23.7 Å². The molecule has 8 heteroatoms. The highest BCUT2D eigenvalue weighted by Crippen LogP contribution is 2.32. The largest absolute Gasteiger partial charge is 0.496 e. The van der Waals surface area contributed by atoms with Gasteiger partial charge in [0.1, 0.15) is 5.75 Å². The summed E-state index contributed by atoms with van der Waals surface area (Å²) in [6.45, 7) is 0.819. The molecule has 0 aromatic heterocycles. The van der Waals surface area contributed by atoms with E-state index in [2.05, 4.69) is 10.6 Å². The van der Waals surface area contributed by atoms with E-state index < -0.39 is 0 Å². The normalized spacial score (nSPS) is 11.7. The summed E-state index contributed by atoms with van der Waals surface area (Å²) in [7, 11) is 1.48. The van der Waals surface area contributed by atoms with E-state index >= 15 is 0 Å². The first-order chi connectivity index (χ1) is 15.5. The van der Waals surface area contributed by atoms with E-state index in [1.54, 1.807) is 30.3 Å². The van der Waals surface area contributed by atoms with Crippen molar-refractivity contribution in [1.29, 1.82) is 0 Å². The highest BCUT2D eigenvalue weighted by molar-refractivity contribution is 6.30. The minimum absolute atomic E-state index is 0.194. The third kappa shape index (κ3) is 4.95. The Hall–Kier alpha value is -3.71. The van der Waals surface area contributed by atoms with E-state index in [4.69, 9.17) is 25.8 Å². The van der Waals surface area contributed by atoms with Gasteiger partial charge in [0.2, 0.25) is 6.79 Å². The predicted octanol–water partition coefficient (Wildman–Crippen LogP) is 3.94. The van der Waals surface area contributed by atoms with E-state index in [0.29, 0.717) is 40.9 Å². The summed E-state index contributed by atoms with van der Waals surface area (Å²) in [4.78, 5) is 25.4. The SMILES string of the molecule is COc1ccc(C(=O)NCc2ccc3c(c2)OCO3)cc1C(=O)NCc1ccc(Cl)cc1. The number of hydrogen-bond donors (Lipinski definition) is 2. The quantitative estimate of drug-likeness (QED) is 0.567. The second kappa shape index (κ2) is 9.62. The molecular formula is C24H21ClN2O5. The molecule has 2 amide bonds. The molecule has 1 aliphatic rings. The number of carbonyl (C=O) groups excluding carboxylic acids is 2. The van der Waals surface area contributed by atoms with E-state index in [0.717, 1.165) is 11.1 Å². The van der Waals surface area contributed by atoms with Crippen molar-refractivity contribution >= 4 is 23.4 Å². The number of ether oxygens (including phenoxy) is 3. The van der Waals surface area contributed by atoms with Crippen LogP contribution in [0.5, 0.6) is 17.2 Å². The lowest BCUT2D eigenvalue weighted by molar-refractivity contribution is 0.0948. The Morgan fingerprint density at radius 2 is 1.56 bits per heavy atom. The Morgan fingerprint density at radius 1 is 0.875 bits per heavy atom. The van der Waals surface area contributed by atoms with Gasteiger partial charge < -0.3 is 24.8 Å². The Labute approximate surface area is 190 Å². The fourth-order valence-electron chi connectivity index (χ4n) is 3.24. The predicted molar refractivity (Wildman–Crippen MR) is 119 cm³/mol. The number of methoxy groups -OCH3 is 1. The number of halogens is 1. The van der Waals surface area contributed by atoms with Gasteiger partial charge in [0.25, 0.3) is 11.8 Å². The Balaban J connectivity index is 1.42. The first kappa shape index (κ1) is 21.5. The summed E-state index contributed by atoms with van der Waals surface area (Å²) < 4.78 is 16.0. The molecule has 0 saturated heterocycles. The van der Waals surface area contributed by atoms with Crippen molar-refractivity contribution in [3.05, 3.63) is 87.9 Å². The van der Waals surface area contributed by atoms with Gasteiger partial charge in [-0.05, 0) is 53.6 Å². The second-order valence-electron chi connectivity index (χ2n) is 7.09. The van der Waals surface area contributed by atoms with Gasteiger partial charge in [-0.2, -0.15) is 0 Å². The number of hydrogen-bond acceptors (Lipinski definition) is 5. The van der Waals surface area contributed by atoms with Gasteiger partial charge in [-0.15, -0.1) is 0 Å². The average Bonchev–Trinajstić information content (AvgIpc) is 3.29. The maximum absolute atomic E-state index is 12.8. The van der Waals surface area contributed by atoms with Gasteiger partial charge in [-0.25, -0.2) is 0 Å². The molecule has 0 unspecified atom stereocenters. The molecule has 4 rings (SSSR count). The van der Waals surface area contributed by atoms with Crippen LogP contribution in [-0.2, 0) is 13.1 Å². The van der Waals surface area contributed by atoms with Crippen molar-refractivity contribution in [3.8, 4) is 17.2 Å². The van der Waals surface area contributed by atoms with Crippen LogP contribution in [0.2, 0.25) is 5.02 Å². The molecule has 0 radical (unpaired) electrons.